The Hall–Kier alpha value is -2.32. The summed E-state index contributed by atoms with van der Waals surface area (Å²) in [6.45, 7) is 1.26. The summed E-state index contributed by atoms with van der Waals surface area (Å²) >= 11 is 1.46. The Morgan fingerprint density at radius 1 is 1.38 bits per heavy atom. The van der Waals surface area contributed by atoms with E-state index >= 15 is 0 Å². The first-order valence-electron chi connectivity index (χ1n) is 8.48. The summed E-state index contributed by atoms with van der Waals surface area (Å²) in [7, 11) is 3.28. The number of hydrogen-bond donors (Lipinski definition) is 0. The second-order valence-corrected chi connectivity index (χ2v) is 7.36. The highest BCUT2D eigenvalue weighted by Crippen LogP contribution is 2.36. The van der Waals surface area contributed by atoms with Crippen LogP contribution in [0.1, 0.15) is 39.1 Å². The quantitative estimate of drug-likeness (QED) is 0.774. The van der Waals surface area contributed by atoms with Crippen LogP contribution in [0.2, 0.25) is 0 Å². The van der Waals surface area contributed by atoms with E-state index < -0.39 is 0 Å². The summed E-state index contributed by atoms with van der Waals surface area (Å²) in [4.78, 5) is 38.1. The van der Waals surface area contributed by atoms with Gasteiger partial charge in [-0.05, 0) is 31.0 Å². The van der Waals surface area contributed by atoms with E-state index in [-0.39, 0.29) is 24.5 Å². The molecule has 0 radical (unpaired) electrons. The van der Waals surface area contributed by atoms with Gasteiger partial charge in [-0.1, -0.05) is 0 Å². The van der Waals surface area contributed by atoms with Crippen LogP contribution in [0.4, 0.5) is 0 Å². The van der Waals surface area contributed by atoms with E-state index in [2.05, 4.69) is 9.97 Å². The third-order valence-corrected chi connectivity index (χ3v) is 5.57. The Kier molecular flexibility index (Phi) is 5.95. The fraction of sp³-hybridized carbons (Fsp3) is 0.444. The zero-order valence-corrected chi connectivity index (χ0v) is 15.7. The van der Waals surface area contributed by atoms with Gasteiger partial charge >= 0.3 is 0 Å². The minimum absolute atomic E-state index is 0.00263. The molecule has 1 atom stereocenters. The molecule has 2 aromatic rings. The molecule has 3 rings (SSSR count). The summed E-state index contributed by atoms with van der Waals surface area (Å²) in [5.41, 5.74) is 0.791. The fourth-order valence-corrected chi connectivity index (χ4v) is 4.28. The van der Waals surface area contributed by atoms with E-state index in [1.165, 1.54) is 24.8 Å². The van der Waals surface area contributed by atoms with Crippen LogP contribution >= 0.6 is 11.3 Å². The molecule has 7 nitrogen and oxygen atoms in total. The zero-order chi connectivity index (χ0) is 18.5. The van der Waals surface area contributed by atoms with Crippen molar-refractivity contribution < 1.29 is 14.3 Å². The van der Waals surface area contributed by atoms with Crippen molar-refractivity contribution in [2.24, 2.45) is 0 Å². The lowest BCUT2D eigenvalue weighted by Crippen LogP contribution is -2.32. The molecular formula is C18H22N4O3S. The van der Waals surface area contributed by atoms with E-state index in [0.717, 1.165) is 30.0 Å². The smallest absolute Gasteiger partial charge is 0.264 e. The van der Waals surface area contributed by atoms with Crippen molar-refractivity contribution in [3.63, 3.8) is 0 Å². The number of aromatic nitrogens is 2. The highest BCUT2D eigenvalue weighted by Gasteiger charge is 2.31. The number of amides is 2. The van der Waals surface area contributed by atoms with E-state index in [1.54, 1.807) is 24.2 Å². The van der Waals surface area contributed by atoms with E-state index in [1.807, 2.05) is 17.0 Å². The van der Waals surface area contributed by atoms with Crippen molar-refractivity contribution in [1.29, 1.82) is 0 Å². The second kappa shape index (κ2) is 8.37. The Morgan fingerprint density at radius 3 is 2.96 bits per heavy atom. The number of hydrogen-bond acceptors (Lipinski definition) is 6. The van der Waals surface area contributed by atoms with Crippen molar-refractivity contribution >= 4 is 23.2 Å². The third kappa shape index (κ3) is 4.08. The average molecular weight is 374 g/mol. The van der Waals surface area contributed by atoms with Gasteiger partial charge in [-0.25, -0.2) is 9.97 Å². The van der Waals surface area contributed by atoms with Gasteiger partial charge in [-0.3, -0.25) is 9.59 Å². The Balaban J connectivity index is 1.68. The number of carbonyl (C=O) groups is 2. The van der Waals surface area contributed by atoms with Crippen LogP contribution in [0.5, 0.6) is 0 Å². The topological polar surface area (TPSA) is 75.6 Å². The summed E-state index contributed by atoms with van der Waals surface area (Å²) in [6.07, 6.45) is 5.02. The molecule has 138 valence electrons. The van der Waals surface area contributed by atoms with Gasteiger partial charge in [0.05, 0.1) is 23.2 Å². The molecule has 0 saturated carbocycles. The zero-order valence-electron chi connectivity index (χ0n) is 14.9. The van der Waals surface area contributed by atoms with Gasteiger partial charge in [0.1, 0.15) is 12.9 Å². The van der Waals surface area contributed by atoms with Crippen LogP contribution < -0.4 is 0 Å². The van der Waals surface area contributed by atoms with Gasteiger partial charge in [0.2, 0.25) is 5.91 Å². The van der Waals surface area contributed by atoms with Crippen molar-refractivity contribution in [2.45, 2.75) is 25.4 Å². The predicted octanol–water partition coefficient (Wildman–Crippen LogP) is 2.12. The summed E-state index contributed by atoms with van der Waals surface area (Å²) < 4.78 is 4.97. The minimum atomic E-state index is -0.0485. The van der Waals surface area contributed by atoms with E-state index in [4.69, 9.17) is 4.74 Å². The summed E-state index contributed by atoms with van der Waals surface area (Å²) in [5.74, 6) is -0.0511. The van der Waals surface area contributed by atoms with Crippen molar-refractivity contribution in [2.75, 3.05) is 27.3 Å². The second-order valence-electron chi connectivity index (χ2n) is 6.24. The van der Waals surface area contributed by atoms with Crippen molar-refractivity contribution in [3.8, 4) is 0 Å². The van der Waals surface area contributed by atoms with Crippen LogP contribution in [0.15, 0.2) is 30.7 Å². The van der Waals surface area contributed by atoms with Gasteiger partial charge in [-0.2, -0.15) is 0 Å². The van der Waals surface area contributed by atoms with Crippen LogP contribution in [-0.2, 0) is 16.1 Å². The lowest BCUT2D eigenvalue weighted by molar-refractivity contribution is -0.136. The van der Waals surface area contributed by atoms with Gasteiger partial charge in [-0.15, -0.1) is 11.3 Å². The molecule has 26 heavy (non-hydrogen) atoms. The number of rotatable bonds is 6. The molecule has 1 fully saturated rings. The average Bonchev–Trinajstić information content (AvgIpc) is 3.31. The maximum atomic E-state index is 12.7. The highest BCUT2D eigenvalue weighted by atomic mass is 32.1. The van der Waals surface area contributed by atoms with Gasteiger partial charge in [0, 0.05) is 31.8 Å². The third-order valence-electron chi connectivity index (χ3n) is 4.40. The van der Waals surface area contributed by atoms with E-state index in [0.29, 0.717) is 11.4 Å². The van der Waals surface area contributed by atoms with E-state index in [9.17, 15) is 9.59 Å². The van der Waals surface area contributed by atoms with Crippen LogP contribution in [0.25, 0.3) is 0 Å². The molecule has 1 aliphatic rings. The highest BCUT2D eigenvalue weighted by molar-refractivity contribution is 7.14. The molecule has 3 heterocycles. The molecule has 0 bridgehead atoms. The molecule has 8 heteroatoms. The minimum Gasteiger partial charge on any atom is -0.375 e. The lowest BCUT2D eigenvalue weighted by Gasteiger charge is -2.23. The largest absolute Gasteiger partial charge is 0.375 e. The fourth-order valence-electron chi connectivity index (χ4n) is 3.13. The number of ether oxygens (including phenoxy) is 1. The summed E-state index contributed by atoms with van der Waals surface area (Å²) in [6, 6.07) is 5.63. The van der Waals surface area contributed by atoms with Crippen molar-refractivity contribution in [1.82, 2.24) is 19.8 Å². The molecule has 1 saturated heterocycles. The molecule has 0 N–H and O–H groups in total. The first kappa shape index (κ1) is 18.5. The normalized spacial score (nSPS) is 16.7. The first-order valence-corrected chi connectivity index (χ1v) is 9.30. The lowest BCUT2D eigenvalue weighted by atomic mass is 10.2. The summed E-state index contributed by atoms with van der Waals surface area (Å²) in [5, 5.41) is 0. The maximum Gasteiger partial charge on any atom is 0.264 e. The van der Waals surface area contributed by atoms with Crippen molar-refractivity contribution in [3.05, 3.63) is 46.2 Å². The molecule has 0 unspecified atom stereocenters. The number of methoxy groups -OCH3 is 1. The molecule has 0 aromatic carbocycles. The molecular weight excluding hydrogens is 352 g/mol. The number of carbonyl (C=O) groups excluding carboxylic acids is 2. The number of nitrogens with zero attached hydrogens (tertiary/aromatic N) is 4. The maximum absolute atomic E-state index is 12.7. The van der Waals surface area contributed by atoms with Crippen LogP contribution in [0, 0.1) is 0 Å². The molecule has 0 aliphatic carbocycles. The Bertz CT molecular complexity index is 765. The SMILES string of the molecule is COCC(=O)N1CCC[C@H]1c1ccc(C(=O)N(C)Cc2ccncn2)s1. The monoisotopic (exact) mass is 374 g/mol. The standard InChI is InChI=1S/C18H22N4O3S/c1-21(10-13-7-8-19-12-20-13)18(24)16-6-5-15(26-16)14-4-3-9-22(14)17(23)11-25-2/h5-8,12,14H,3-4,9-11H2,1-2H3/t14-/m0/s1. The van der Waals surface area contributed by atoms with Gasteiger partial charge < -0.3 is 14.5 Å². The number of thiophene rings is 1. The Labute approximate surface area is 156 Å². The van der Waals surface area contributed by atoms with Gasteiger partial charge in [0.25, 0.3) is 5.91 Å². The Morgan fingerprint density at radius 2 is 2.23 bits per heavy atom. The molecule has 0 spiro atoms. The number of likely N-dealkylation sites (tertiary alicyclic amines) is 1. The molecule has 1 aliphatic heterocycles. The molecule has 2 amide bonds. The van der Waals surface area contributed by atoms with Crippen LogP contribution in [-0.4, -0.2) is 58.9 Å². The van der Waals surface area contributed by atoms with Gasteiger partial charge in [0.15, 0.2) is 0 Å². The van der Waals surface area contributed by atoms with Crippen LogP contribution in [0.3, 0.4) is 0 Å². The molecule has 2 aromatic heterocycles. The first-order chi connectivity index (χ1) is 12.6. The predicted molar refractivity (Wildman–Crippen MR) is 97.7 cm³/mol.